The topological polar surface area (TPSA) is 116 Å². The standard InChI is InChI=1S/C12H15N3O5/c1-3-14(7-11(13)16)10-6-8(12(17)20-2)4-5-9(10)15(18)19/h4-6H,3,7H2,1-2H3,(H2,13,16). The van der Waals surface area contributed by atoms with E-state index in [1.165, 1.54) is 30.2 Å². The van der Waals surface area contributed by atoms with E-state index in [0.717, 1.165) is 0 Å². The first-order chi connectivity index (χ1) is 9.40. The fourth-order valence-electron chi connectivity index (χ4n) is 1.73. The first-order valence-electron chi connectivity index (χ1n) is 5.80. The van der Waals surface area contributed by atoms with Gasteiger partial charge in [0.25, 0.3) is 5.69 Å². The number of anilines is 1. The van der Waals surface area contributed by atoms with Crippen molar-refractivity contribution in [2.45, 2.75) is 6.92 Å². The number of carbonyl (C=O) groups excluding carboxylic acids is 2. The van der Waals surface area contributed by atoms with Gasteiger partial charge in [0, 0.05) is 12.6 Å². The second kappa shape index (κ2) is 6.50. The minimum Gasteiger partial charge on any atom is -0.465 e. The smallest absolute Gasteiger partial charge is 0.337 e. The summed E-state index contributed by atoms with van der Waals surface area (Å²) >= 11 is 0. The SMILES string of the molecule is CCN(CC(N)=O)c1cc(C(=O)OC)ccc1[N+](=O)[O-]. The van der Waals surface area contributed by atoms with E-state index in [-0.39, 0.29) is 23.5 Å². The van der Waals surface area contributed by atoms with Crippen LogP contribution >= 0.6 is 0 Å². The Morgan fingerprint density at radius 3 is 2.55 bits per heavy atom. The highest BCUT2D eigenvalue weighted by Gasteiger charge is 2.22. The first kappa shape index (κ1) is 15.4. The van der Waals surface area contributed by atoms with Crippen LogP contribution in [0.4, 0.5) is 11.4 Å². The minimum absolute atomic E-state index is 0.152. The summed E-state index contributed by atoms with van der Waals surface area (Å²) in [5.74, 6) is -1.24. The molecule has 2 N–H and O–H groups in total. The van der Waals surface area contributed by atoms with Gasteiger partial charge in [0.1, 0.15) is 5.69 Å². The maximum Gasteiger partial charge on any atom is 0.337 e. The van der Waals surface area contributed by atoms with E-state index in [9.17, 15) is 19.7 Å². The Morgan fingerprint density at radius 2 is 2.10 bits per heavy atom. The lowest BCUT2D eigenvalue weighted by Gasteiger charge is -2.21. The van der Waals surface area contributed by atoms with Crippen LogP contribution in [0.15, 0.2) is 18.2 Å². The molecule has 0 saturated carbocycles. The number of ether oxygens (including phenoxy) is 1. The molecular weight excluding hydrogens is 266 g/mol. The molecule has 0 aliphatic heterocycles. The van der Waals surface area contributed by atoms with E-state index < -0.39 is 16.8 Å². The zero-order valence-electron chi connectivity index (χ0n) is 11.2. The summed E-state index contributed by atoms with van der Waals surface area (Å²) in [6, 6.07) is 3.81. The Kier molecular flexibility index (Phi) is 5.01. The van der Waals surface area contributed by atoms with Gasteiger partial charge in [-0.05, 0) is 19.1 Å². The van der Waals surface area contributed by atoms with Crippen molar-refractivity contribution in [3.8, 4) is 0 Å². The third-order valence-corrected chi connectivity index (χ3v) is 2.66. The summed E-state index contributed by atoms with van der Waals surface area (Å²) in [5.41, 5.74) is 5.22. The van der Waals surface area contributed by atoms with Crippen LogP contribution in [0.2, 0.25) is 0 Å². The maximum absolute atomic E-state index is 11.5. The van der Waals surface area contributed by atoms with Crippen LogP contribution < -0.4 is 10.6 Å². The molecule has 108 valence electrons. The number of nitro groups is 1. The number of benzene rings is 1. The van der Waals surface area contributed by atoms with E-state index in [2.05, 4.69) is 4.74 Å². The lowest BCUT2D eigenvalue weighted by Crippen LogP contribution is -2.34. The van der Waals surface area contributed by atoms with Gasteiger partial charge in [-0.25, -0.2) is 4.79 Å². The van der Waals surface area contributed by atoms with Crippen molar-refractivity contribution in [1.29, 1.82) is 0 Å². The molecule has 0 saturated heterocycles. The molecule has 0 bridgehead atoms. The van der Waals surface area contributed by atoms with Crippen LogP contribution in [-0.2, 0) is 9.53 Å². The van der Waals surface area contributed by atoms with Crippen molar-refractivity contribution in [2.75, 3.05) is 25.1 Å². The third kappa shape index (κ3) is 3.44. The molecule has 0 aliphatic rings. The van der Waals surface area contributed by atoms with Crippen molar-refractivity contribution in [3.05, 3.63) is 33.9 Å². The number of carbonyl (C=O) groups is 2. The number of methoxy groups -OCH3 is 1. The molecule has 0 unspecified atom stereocenters. The fraction of sp³-hybridized carbons (Fsp3) is 0.333. The van der Waals surface area contributed by atoms with E-state index in [1.54, 1.807) is 6.92 Å². The van der Waals surface area contributed by atoms with Gasteiger partial charge in [-0.1, -0.05) is 0 Å². The molecular formula is C12H15N3O5. The van der Waals surface area contributed by atoms with E-state index in [4.69, 9.17) is 5.73 Å². The number of primary amides is 1. The molecule has 1 rings (SSSR count). The molecule has 20 heavy (non-hydrogen) atoms. The first-order valence-corrected chi connectivity index (χ1v) is 5.80. The highest BCUT2D eigenvalue weighted by atomic mass is 16.6. The predicted molar refractivity (Wildman–Crippen MR) is 71.5 cm³/mol. The van der Waals surface area contributed by atoms with Crippen LogP contribution in [0.3, 0.4) is 0 Å². The van der Waals surface area contributed by atoms with Gasteiger partial charge < -0.3 is 15.4 Å². The quantitative estimate of drug-likeness (QED) is 0.466. The zero-order chi connectivity index (χ0) is 15.3. The van der Waals surface area contributed by atoms with Crippen LogP contribution in [-0.4, -0.2) is 37.0 Å². The average molecular weight is 281 g/mol. The van der Waals surface area contributed by atoms with Gasteiger partial charge in [0.15, 0.2) is 0 Å². The lowest BCUT2D eigenvalue weighted by atomic mass is 10.1. The van der Waals surface area contributed by atoms with Crippen molar-refractivity contribution >= 4 is 23.3 Å². The predicted octanol–water partition coefficient (Wildman–Crippen LogP) is 0.693. The van der Waals surface area contributed by atoms with Crippen molar-refractivity contribution in [3.63, 3.8) is 0 Å². The number of amides is 1. The largest absolute Gasteiger partial charge is 0.465 e. The normalized spacial score (nSPS) is 9.90. The molecule has 1 amide bonds. The van der Waals surface area contributed by atoms with Gasteiger partial charge in [-0.15, -0.1) is 0 Å². The van der Waals surface area contributed by atoms with Gasteiger partial charge in [-0.2, -0.15) is 0 Å². The highest BCUT2D eigenvalue weighted by molar-refractivity contribution is 5.92. The summed E-state index contributed by atoms with van der Waals surface area (Å²) in [7, 11) is 1.21. The van der Waals surface area contributed by atoms with Gasteiger partial charge >= 0.3 is 5.97 Å². The molecule has 0 fully saturated rings. The third-order valence-electron chi connectivity index (χ3n) is 2.66. The summed E-state index contributed by atoms with van der Waals surface area (Å²) in [6.45, 7) is 1.87. The van der Waals surface area contributed by atoms with Crippen LogP contribution in [0.25, 0.3) is 0 Å². The molecule has 0 aliphatic carbocycles. The van der Waals surface area contributed by atoms with Crippen LogP contribution in [0.1, 0.15) is 17.3 Å². The average Bonchev–Trinajstić information content (AvgIpc) is 2.42. The van der Waals surface area contributed by atoms with Gasteiger partial charge in [-0.3, -0.25) is 14.9 Å². The van der Waals surface area contributed by atoms with Crippen LogP contribution in [0, 0.1) is 10.1 Å². The van der Waals surface area contributed by atoms with Crippen molar-refractivity contribution < 1.29 is 19.2 Å². The summed E-state index contributed by atoms with van der Waals surface area (Å²) < 4.78 is 4.57. The van der Waals surface area contributed by atoms with E-state index >= 15 is 0 Å². The molecule has 1 aromatic carbocycles. The molecule has 0 aromatic heterocycles. The Morgan fingerprint density at radius 1 is 1.45 bits per heavy atom. The number of hydrogen-bond donors (Lipinski definition) is 1. The molecule has 0 radical (unpaired) electrons. The Bertz CT molecular complexity index is 544. The molecule has 0 heterocycles. The number of nitrogens with two attached hydrogens (primary N) is 1. The molecule has 8 nitrogen and oxygen atoms in total. The minimum atomic E-state index is -0.621. The Hall–Kier alpha value is -2.64. The zero-order valence-corrected chi connectivity index (χ0v) is 11.2. The lowest BCUT2D eigenvalue weighted by molar-refractivity contribution is -0.384. The summed E-state index contributed by atoms with van der Waals surface area (Å²) in [6.07, 6.45) is 0. The van der Waals surface area contributed by atoms with E-state index in [0.29, 0.717) is 6.54 Å². The highest BCUT2D eigenvalue weighted by Crippen LogP contribution is 2.29. The fourth-order valence-corrected chi connectivity index (χ4v) is 1.73. The molecule has 0 atom stereocenters. The number of nitro benzene ring substituents is 1. The maximum atomic E-state index is 11.5. The van der Waals surface area contributed by atoms with E-state index in [1.807, 2.05) is 0 Å². The number of esters is 1. The number of rotatable bonds is 6. The second-order valence-corrected chi connectivity index (χ2v) is 3.93. The summed E-state index contributed by atoms with van der Waals surface area (Å²) in [4.78, 5) is 34.4. The summed E-state index contributed by atoms with van der Waals surface area (Å²) in [5, 5.41) is 11.0. The molecule has 0 spiro atoms. The molecule has 1 aromatic rings. The number of nitrogens with zero attached hydrogens (tertiary/aromatic N) is 2. The van der Waals surface area contributed by atoms with Crippen molar-refractivity contribution in [1.82, 2.24) is 0 Å². The van der Waals surface area contributed by atoms with Gasteiger partial charge in [0.05, 0.1) is 24.1 Å². The number of likely N-dealkylation sites (N-methyl/N-ethyl adjacent to an activating group) is 1. The van der Waals surface area contributed by atoms with Crippen LogP contribution in [0.5, 0.6) is 0 Å². The van der Waals surface area contributed by atoms with Gasteiger partial charge in [0.2, 0.25) is 5.91 Å². The molecule has 8 heteroatoms. The Balaban J connectivity index is 3.33. The monoisotopic (exact) mass is 281 g/mol. The Labute approximate surface area is 115 Å². The number of hydrogen-bond acceptors (Lipinski definition) is 6. The second-order valence-electron chi connectivity index (χ2n) is 3.93. The van der Waals surface area contributed by atoms with Crippen molar-refractivity contribution in [2.24, 2.45) is 5.73 Å².